The molecule has 6 nitrogen and oxygen atoms in total. The minimum atomic E-state index is -0.0305. The van der Waals surface area contributed by atoms with E-state index in [1.807, 2.05) is 11.8 Å². The number of hydrogen-bond acceptors (Lipinski definition) is 5. The molecule has 1 unspecified atom stereocenters. The van der Waals surface area contributed by atoms with Gasteiger partial charge in [-0.05, 0) is 6.42 Å². The maximum atomic E-state index is 12.2. The maximum absolute atomic E-state index is 12.2. The summed E-state index contributed by atoms with van der Waals surface area (Å²) in [4.78, 5) is 18.4. The highest BCUT2D eigenvalue weighted by Gasteiger charge is 2.22. The van der Waals surface area contributed by atoms with Crippen LogP contribution in [0.4, 0.5) is 5.82 Å². The number of hydrogen-bond donors (Lipinski definition) is 1. The first-order valence-electron chi connectivity index (χ1n) is 6.38. The predicted molar refractivity (Wildman–Crippen MR) is 69.8 cm³/mol. The molecule has 2 N–H and O–H groups in total. The maximum Gasteiger partial charge on any atom is 0.293 e. The van der Waals surface area contributed by atoms with Crippen molar-refractivity contribution in [2.24, 2.45) is 5.73 Å². The van der Waals surface area contributed by atoms with Gasteiger partial charge in [-0.1, -0.05) is 6.92 Å². The van der Waals surface area contributed by atoms with E-state index in [1.165, 1.54) is 0 Å². The van der Waals surface area contributed by atoms with Gasteiger partial charge in [0.05, 0.1) is 12.7 Å². The van der Waals surface area contributed by atoms with Gasteiger partial charge in [0.2, 0.25) is 0 Å². The van der Waals surface area contributed by atoms with Crippen LogP contribution in [0.25, 0.3) is 0 Å². The summed E-state index contributed by atoms with van der Waals surface area (Å²) in [6, 6.07) is 0. The number of aromatic nitrogens is 2. The van der Waals surface area contributed by atoms with Crippen LogP contribution < -0.4 is 16.2 Å². The van der Waals surface area contributed by atoms with Gasteiger partial charge in [-0.3, -0.25) is 4.79 Å². The summed E-state index contributed by atoms with van der Waals surface area (Å²) in [5.41, 5.74) is 5.57. The summed E-state index contributed by atoms with van der Waals surface area (Å²) in [5.74, 6) is 0.507. The van der Waals surface area contributed by atoms with E-state index in [-0.39, 0.29) is 11.7 Å². The highest BCUT2D eigenvalue weighted by molar-refractivity contribution is 5.36. The third-order valence-electron chi connectivity index (χ3n) is 3.06. The van der Waals surface area contributed by atoms with E-state index in [9.17, 15) is 4.79 Å². The zero-order valence-electron chi connectivity index (χ0n) is 10.7. The number of rotatable bonds is 4. The number of ether oxygens (including phenoxy) is 1. The molecule has 2 rings (SSSR count). The lowest BCUT2D eigenvalue weighted by Gasteiger charge is -2.32. The average Bonchev–Trinajstić information content (AvgIpc) is 2.41. The van der Waals surface area contributed by atoms with Crippen LogP contribution in [0.2, 0.25) is 0 Å². The van der Waals surface area contributed by atoms with E-state index in [0.717, 1.165) is 13.0 Å². The standard InChI is InChI=1S/C12H20N4O2/c1-2-4-15-5-3-14-11(12(15)17)16-6-7-18-10(8-13)9-16/h3,5,10H,2,4,6-9,13H2,1H3. The molecule has 1 aliphatic heterocycles. The van der Waals surface area contributed by atoms with Crippen LogP contribution in [0.3, 0.4) is 0 Å². The molecule has 1 saturated heterocycles. The molecule has 18 heavy (non-hydrogen) atoms. The molecular weight excluding hydrogens is 232 g/mol. The monoisotopic (exact) mass is 252 g/mol. The normalized spacial score (nSPS) is 20.1. The predicted octanol–water partition coefficient (Wildman–Crippen LogP) is -0.183. The van der Waals surface area contributed by atoms with Gasteiger partial charge in [-0.15, -0.1) is 0 Å². The summed E-state index contributed by atoms with van der Waals surface area (Å²) in [7, 11) is 0. The zero-order valence-corrected chi connectivity index (χ0v) is 10.7. The van der Waals surface area contributed by atoms with Gasteiger partial charge in [0.1, 0.15) is 0 Å². The largest absolute Gasteiger partial charge is 0.373 e. The smallest absolute Gasteiger partial charge is 0.293 e. The van der Waals surface area contributed by atoms with Crippen LogP contribution in [-0.4, -0.2) is 41.9 Å². The van der Waals surface area contributed by atoms with E-state index in [2.05, 4.69) is 4.98 Å². The van der Waals surface area contributed by atoms with Crippen molar-refractivity contribution in [3.63, 3.8) is 0 Å². The molecule has 1 fully saturated rings. The Hall–Kier alpha value is -1.40. The SMILES string of the molecule is CCCn1ccnc(N2CCOC(CN)C2)c1=O. The van der Waals surface area contributed by atoms with E-state index >= 15 is 0 Å². The van der Waals surface area contributed by atoms with Gasteiger partial charge >= 0.3 is 0 Å². The minimum absolute atomic E-state index is 0.0141. The van der Waals surface area contributed by atoms with Crippen LogP contribution in [0, 0.1) is 0 Å². The van der Waals surface area contributed by atoms with Gasteiger partial charge in [-0.2, -0.15) is 0 Å². The van der Waals surface area contributed by atoms with E-state index in [4.69, 9.17) is 10.5 Å². The molecule has 100 valence electrons. The Bertz CT molecular complexity index is 446. The fraction of sp³-hybridized carbons (Fsp3) is 0.667. The lowest BCUT2D eigenvalue weighted by Crippen LogP contribution is -2.48. The van der Waals surface area contributed by atoms with Crippen molar-refractivity contribution in [1.29, 1.82) is 0 Å². The Morgan fingerprint density at radius 3 is 3.17 bits per heavy atom. The highest BCUT2D eigenvalue weighted by Crippen LogP contribution is 2.10. The zero-order chi connectivity index (χ0) is 13.0. The molecule has 0 spiro atoms. The molecule has 2 heterocycles. The van der Waals surface area contributed by atoms with Crippen molar-refractivity contribution in [1.82, 2.24) is 9.55 Å². The van der Waals surface area contributed by atoms with E-state index < -0.39 is 0 Å². The second kappa shape index (κ2) is 5.97. The van der Waals surface area contributed by atoms with Crippen molar-refractivity contribution in [3.05, 3.63) is 22.7 Å². The average molecular weight is 252 g/mol. The van der Waals surface area contributed by atoms with Gasteiger partial charge in [0.25, 0.3) is 5.56 Å². The molecule has 0 aromatic carbocycles. The first-order valence-corrected chi connectivity index (χ1v) is 6.38. The molecule has 0 amide bonds. The number of nitrogens with zero attached hydrogens (tertiary/aromatic N) is 3. The highest BCUT2D eigenvalue weighted by atomic mass is 16.5. The molecule has 1 aliphatic rings. The molecule has 6 heteroatoms. The summed E-state index contributed by atoms with van der Waals surface area (Å²) in [6.45, 7) is 5.15. The molecule has 1 atom stereocenters. The van der Waals surface area contributed by atoms with Crippen LogP contribution in [0.5, 0.6) is 0 Å². The van der Waals surface area contributed by atoms with Crippen molar-refractivity contribution in [2.75, 3.05) is 31.1 Å². The molecule has 0 aliphatic carbocycles. The quantitative estimate of drug-likeness (QED) is 0.804. The van der Waals surface area contributed by atoms with E-state index in [1.54, 1.807) is 17.0 Å². The Balaban J connectivity index is 2.22. The molecule has 1 aromatic rings. The van der Waals surface area contributed by atoms with Gasteiger partial charge in [0.15, 0.2) is 5.82 Å². The number of nitrogens with two attached hydrogens (primary N) is 1. The van der Waals surface area contributed by atoms with Crippen LogP contribution in [-0.2, 0) is 11.3 Å². The summed E-state index contributed by atoms with van der Waals surface area (Å²) in [6.07, 6.45) is 4.33. The molecule has 0 bridgehead atoms. The molecule has 0 saturated carbocycles. The van der Waals surface area contributed by atoms with Crippen molar-refractivity contribution in [2.45, 2.75) is 26.0 Å². The van der Waals surface area contributed by atoms with Gasteiger partial charge < -0.3 is 19.9 Å². The second-order valence-corrected chi connectivity index (χ2v) is 4.42. The summed E-state index contributed by atoms with van der Waals surface area (Å²) < 4.78 is 7.20. The number of morpholine rings is 1. The topological polar surface area (TPSA) is 73.4 Å². The Morgan fingerprint density at radius 2 is 2.44 bits per heavy atom. The second-order valence-electron chi connectivity index (χ2n) is 4.42. The number of anilines is 1. The van der Waals surface area contributed by atoms with Gasteiger partial charge in [-0.25, -0.2) is 4.98 Å². The molecule has 1 aromatic heterocycles. The van der Waals surface area contributed by atoms with Crippen LogP contribution >= 0.6 is 0 Å². The van der Waals surface area contributed by atoms with Crippen LogP contribution in [0.1, 0.15) is 13.3 Å². The fourth-order valence-corrected chi connectivity index (χ4v) is 2.12. The Labute approximate surface area is 106 Å². The van der Waals surface area contributed by atoms with Crippen molar-refractivity contribution >= 4 is 5.82 Å². The molecule has 0 radical (unpaired) electrons. The first-order chi connectivity index (χ1) is 8.76. The van der Waals surface area contributed by atoms with Crippen molar-refractivity contribution in [3.8, 4) is 0 Å². The lowest BCUT2D eigenvalue weighted by molar-refractivity contribution is 0.0461. The first kappa shape index (κ1) is 13.0. The Morgan fingerprint density at radius 1 is 1.61 bits per heavy atom. The Kier molecular flexibility index (Phi) is 4.33. The van der Waals surface area contributed by atoms with E-state index in [0.29, 0.717) is 32.1 Å². The minimum Gasteiger partial charge on any atom is -0.373 e. The molecular formula is C12H20N4O2. The van der Waals surface area contributed by atoms with Crippen molar-refractivity contribution < 1.29 is 4.74 Å². The summed E-state index contributed by atoms with van der Waals surface area (Å²) >= 11 is 0. The third-order valence-corrected chi connectivity index (χ3v) is 3.06. The number of aryl methyl sites for hydroxylation is 1. The third kappa shape index (κ3) is 2.70. The lowest BCUT2D eigenvalue weighted by atomic mass is 10.2. The van der Waals surface area contributed by atoms with Crippen LogP contribution in [0.15, 0.2) is 17.2 Å². The summed E-state index contributed by atoms with van der Waals surface area (Å²) in [5, 5.41) is 0. The van der Waals surface area contributed by atoms with Gasteiger partial charge in [0, 0.05) is 38.6 Å². The fourth-order valence-electron chi connectivity index (χ4n) is 2.12.